The van der Waals surface area contributed by atoms with Gasteiger partial charge < -0.3 is 14.6 Å². The maximum atomic E-state index is 6.90. The van der Waals surface area contributed by atoms with E-state index in [-0.39, 0.29) is 12.2 Å². The summed E-state index contributed by atoms with van der Waals surface area (Å²) in [5, 5.41) is 8.24. The minimum absolute atomic E-state index is 0.249. The number of furan rings is 1. The first-order valence-electron chi connectivity index (χ1n) is 19.4. The Labute approximate surface area is 333 Å². The molecule has 1 aliphatic carbocycles. The molecule has 0 amide bonds. The van der Waals surface area contributed by atoms with Gasteiger partial charge in [0.25, 0.3) is 0 Å². The lowest BCUT2D eigenvalue weighted by Crippen LogP contribution is -2.33. The number of nitrogens with one attached hydrogen (secondary N) is 1. The monoisotopic (exact) mass is 750 g/mol. The number of benzene rings is 7. The van der Waals surface area contributed by atoms with Gasteiger partial charge in [-0.15, -0.1) is 11.3 Å². The van der Waals surface area contributed by atoms with Crippen LogP contribution in [0.1, 0.15) is 34.3 Å². The molecule has 9 aromatic rings. The second-order valence-electron chi connectivity index (χ2n) is 14.9. The smallest absolute Gasteiger partial charge is 0.159 e. The van der Waals surface area contributed by atoms with Crippen LogP contribution in [0.5, 0.6) is 0 Å². The molecule has 2 aromatic heterocycles. The van der Waals surface area contributed by atoms with Crippen molar-refractivity contribution in [1.82, 2.24) is 5.32 Å². The number of amidine groups is 2. The van der Waals surface area contributed by atoms with Crippen LogP contribution in [0.15, 0.2) is 196 Å². The van der Waals surface area contributed by atoms with E-state index in [0.717, 1.165) is 50.0 Å². The molecule has 0 radical (unpaired) electrons. The molecule has 0 saturated carbocycles. The van der Waals surface area contributed by atoms with E-state index in [1.54, 1.807) is 0 Å². The van der Waals surface area contributed by atoms with E-state index in [1.807, 2.05) is 47.7 Å². The fraction of sp³-hybridized carbons (Fsp3) is 0.0588. The molecule has 3 unspecified atom stereocenters. The van der Waals surface area contributed by atoms with Crippen molar-refractivity contribution in [1.29, 1.82) is 0 Å². The summed E-state index contributed by atoms with van der Waals surface area (Å²) in [7, 11) is 0. The Morgan fingerprint density at radius 3 is 2.33 bits per heavy atom. The van der Waals surface area contributed by atoms with Crippen LogP contribution in [0.3, 0.4) is 0 Å². The highest BCUT2D eigenvalue weighted by molar-refractivity contribution is 7.26. The summed E-state index contributed by atoms with van der Waals surface area (Å²) < 4.78 is 9.43. The molecule has 5 nitrogen and oxygen atoms in total. The first-order valence-corrected chi connectivity index (χ1v) is 20.2. The number of rotatable bonds is 5. The van der Waals surface area contributed by atoms with Gasteiger partial charge in [-0.25, -0.2) is 9.98 Å². The summed E-state index contributed by atoms with van der Waals surface area (Å²) in [6.45, 7) is 0. The number of allylic oxidation sites excluding steroid dienone is 2. The van der Waals surface area contributed by atoms with Crippen molar-refractivity contribution < 1.29 is 4.42 Å². The third-order valence-electron chi connectivity index (χ3n) is 11.7. The van der Waals surface area contributed by atoms with Crippen LogP contribution >= 0.6 is 11.3 Å². The zero-order chi connectivity index (χ0) is 37.5. The maximum Gasteiger partial charge on any atom is 0.159 e. The minimum Gasteiger partial charge on any atom is -0.455 e. The van der Waals surface area contributed by atoms with Crippen LogP contribution < -0.4 is 10.2 Å². The average Bonchev–Trinajstić information content (AvgIpc) is 3.96. The Kier molecular flexibility index (Phi) is 7.22. The molecule has 57 heavy (non-hydrogen) atoms. The molecular weight excluding hydrogens is 717 g/mol. The molecule has 3 aliphatic rings. The topological polar surface area (TPSA) is 53.1 Å². The van der Waals surface area contributed by atoms with Crippen molar-refractivity contribution in [2.45, 2.75) is 18.1 Å². The number of anilines is 2. The van der Waals surface area contributed by atoms with Crippen LogP contribution in [0.4, 0.5) is 11.4 Å². The van der Waals surface area contributed by atoms with Gasteiger partial charge in [-0.1, -0.05) is 140 Å². The van der Waals surface area contributed by atoms with Crippen molar-refractivity contribution in [2.24, 2.45) is 9.98 Å². The number of thiophene rings is 1. The second kappa shape index (κ2) is 12.8. The fourth-order valence-electron chi connectivity index (χ4n) is 9.06. The Morgan fingerprint density at radius 1 is 0.614 bits per heavy atom. The summed E-state index contributed by atoms with van der Waals surface area (Å²) in [6.07, 6.45) is 8.78. The molecule has 6 heteroatoms. The zero-order valence-corrected chi connectivity index (χ0v) is 31.5. The van der Waals surface area contributed by atoms with Gasteiger partial charge in [0.05, 0.1) is 6.04 Å². The highest BCUT2D eigenvalue weighted by atomic mass is 32.1. The first-order chi connectivity index (χ1) is 28.2. The molecule has 2 aliphatic heterocycles. The van der Waals surface area contributed by atoms with E-state index in [2.05, 4.69) is 156 Å². The highest BCUT2D eigenvalue weighted by Gasteiger charge is 2.37. The van der Waals surface area contributed by atoms with E-state index < -0.39 is 0 Å². The van der Waals surface area contributed by atoms with Crippen molar-refractivity contribution in [2.75, 3.05) is 4.90 Å². The summed E-state index contributed by atoms with van der Waals surface area (Å²) in [5.74, 6) is 1.80. The molecule has 3 atom stereocenters. The first kappa shape index (κ1) is 32.2. The van der Waals surface area contributed by atoms with Gasteiger partial charge in [0.1, 0.15) is 23.2 Å². The lowest BCUT2D eigenvalue weighted by Gasteiger charge is -2.28. The summed E-state index contributed by atoms with van der Waals surface area (Å²) in [6, 6.07) is 56.2. The summed E-state index contributed by atoms with van der Waals surface area (Å²) >= 11 is 1.85. The highest BCUT2D eigenvalue weighted by Crippen LogP contribution is 2.50. The largest absolute Gasteiger partial charge is 0.455 e. The van der Waals surface area contributed by atoms with E-state index >= 15 is 0 Å². The van der Waals surface area contributed by atoms with Gasteiger partial charge in [0.2, 0.25) is 0 Å². The predicted octanol–water partition coefficient (Wildman–Crippen LogP) is 12.8. The molecular formula is C51H34N4OS. The Hall–Kier alpha value is -7.02. The quantitative estimate of drug-likeness (QED) is 0.191. The molecule has 0 saturated heterocycles. The van der Waals surface area contributed by atoms with E-state index in [0.29, 0.717) is 11.8 Å². The third-order valence-corrected chi connectivity index (χ3v) is 12.8. The van der Waals surface area contributed by atoms with Gasteiger partial charge >= 0.3 is 0 Å². The summed E-state index contributed by atoms with van der Waals surface area (Å²) in [5.41, 5.74) is 10.8. The van der Waals surface area contributed by atoms with Gasteiger partial charge in [0, 0.05) is 64.9 Å². The molecule has 7 aromatic carbocycles. The van der Waals surface area contributed by atoms with Crippen LogP contribution in [0, 0.1) is 0 Å². The number of hydrogen-bond donors (Lipinski definition) is 1. The second-order valence-corrected chi connectivity index (χ2v) is 16.0. The van der Waals surface area contributed by atoms with Crippen LogP contribution in [0.25, 0.3) is 53.2 Å². The fourth-order valence-corrected chi connectivity index (χ4v) is 10.2. The molecule has 12 rings (SSSR count). The molecule has 4 heterocycles. The van der Waals surface area contributed by atoms with Crippen LogP contribution in [-0.4, -0.2) is 17.7 Å². The standard InChI is InChI=1S/C51H34N4OS/c1-3-13-31(14-4-1)49-52-50(32-15-5-2-6-16-32)54-51(53-49)33-25-27-37-39-20-11-21-40(48(39)56-44(37)29-33)38-19-12-24-46-47(38)41-30-34(26-28-45(41)57-46)55-42-22-9-7-17-35(42)36-18-8-10-23-43(36)55/h1-30,35,42,49H,(H,52,53,54). The molecule has 0 fully saturated rings. The van der Waals surface area contributed by atoms with E-state index in [9.17, 15) is 0 Å². The van der Waals surface area contributed by atoms with Gasteiger partial charge in [-0.2, -0.15) is 0 Å². The van der Waals surface area contributed by atoms with Gasteiger partial charge in [-0.05, 0) is 59.2 Å². The molecule has 1 N–H and O–H groups in total. The SMILES string of the molecule is C1=CC2c3ccccc3N(c3ccc4sc5cccc(-c6cccc7c6oc6cc(C8=NC(c9ccccc9)NC(c9ccccc9)=N8)ccc67)c5c4c3)C2C=C1. The van der Waals surface area contributed by atoms with Crippen LogP contribution in [-0.2, 0) is 0 Å². The number of fused-ring (bicyclic) bond motifs is 9. The Bertz CT molecular complexity index is 3190. The normalized spacial score (nSPS) is 18.5. The Balaban J connectivity index is 0.987. The van der Waals surface area contributed by atoms with Crippen molar-refractivity contribution in [3.8, 4) is 11.1 Å². The number of nitrogens with zero attached hydrogens (tertiary/aromatic N) is 3. The Morgan fingerprint density at radius 2 is 1.42 bits per heavy atom. The zero-order valence-electron chi connectivity index (χ0n) is 30.7. The lowest BCUT2D eigenvalue weighted by molar-refractivity contribution is 0.668. The minimum atomic E-state index is -0.272. The third kappa shape index (κ3) is 5.14. The van der Waals surface area contributed by atoms with Crippen molar-refractivity contribution in [3.63, 3.8) is 0 Å². The van der Waals surface area contributed by atoms with E-state index in [1.165, 1.54) is 42.7 Å². The predicted molar refractivity (Wildman–Crippen MR) is 237 cm³/mol. The van der Waals surface area contributed by atoms with Gasteiger partial charge in [-0.3, -0.25) is 0 Å². The maximum absolute atomic E-state index is 6.90. The molecule has 0 bridgehead atoms. The van der Waals surface area contributed by atoms with Crippen molar-refractivity contribution >= 4 is 76.5 Å². The van der Waals surface area contributed by atoms with Crippen molar-refractivity contribution in [3.05, 3.63) is 204 Å². The van der Waals surface area contributed by atoms with E-state index in [4.69, 9.17) is 14.4 Å². The lowest BCUT2D eigenvalue weighted by atomic mass is 9.91. The number of hydrogen-bond acceptors (Lipinski definition) is 6. The molecule has 270 valence electrons. The number of para-hydroxylation sites is 2. The van der Waals surface area contributed by atoms with Crippen LogP contribution in [0.2, 0.25) is 0 Å². The summed E-state index contributed by atoms with van der Waals surface area (Å²) in [4.78, 5) is 12.7. The number of aliphatic imine (C=N–C) groups is 2. The molecule has 0 spiro atoms. The average molecular weight is 751 g/mol. The van der Waals surface area contributed by atoms with Gasteiger partial charge in [0.15, 0.2) is 5.84 Å².